The third-order valence-corrected chi connectivity index (χ3v) is 6.27. The van der Waals surface area contributed by atoms with Crippen molar-refractivity contribution in [1.29, 1.82) is 0 Å². The zero-order chi connectivity index (χ0) is 27.0. The zero-order valence-corrected chi connectivity index (χ0v) is 20.9. The van der Waals surface area contributed by atoms with Crippen LogP contribution in [0.2, 0.25) is 0 Å². The molecule has 0 aliphatic heterocycles. The molecular weight excluding hydrogens is 488 g/mol. The van der Waals surface area contributed by atoms with Crippen LogP contribution in [0.15, 0.2) is 60.8 Å². The number of fused-ring (bicyclic) bond motifs is 1. The maximum Gasteiger partial charge on any atom is 0.405 e. The van der Waals surface area contributed by atoms with Gasteiger partial charge in [-0.3, -0.25) is 9.59 Å². The number of amides is 3. The van der Waals surface area contributed by atoms with E-state index in [2.05, 4.69) is 41.6 Å². The Kier molecular flexibility index (Phi) is 8.31. The van der Waals surface area contributed by atoms with Crippen LogP contribution in [0.5, 0.6) is 0 Å². The van der Waals surface area contributed by atoms with Crippen molar-refractivity contribution in [3.8, 4) is 0 Å². The van der Waals surface area contributed by atoms with E-state index in [-0.39, 0.29) is 25.3 Å². The molecule has 6 N–H and O–H groups in total. The van der Waals surface area contributed by atoms with Crippen LogP contribution in [0, 0.1) is 0 Å². The van der Waals surface area contributed by atoms with Gasteiger partial charge in [-0.25, -0.2) is 4.79 Å². The highest BCUT2D eigenvalue weighted by molar-refractivity contribution is 5.91. The van der Waals surface area contributed by atoms with E-state index in [1.807, 2.05) is 54.6 Å². The summed E-state index contributed by atoms with van der Waals surface area (Å²) >= 11 is 0. The van der Waals surface area contributed by atoms with Crippen molar-refractivity contribution in [2.24, 2.45) is 0 Å². The molecule has 38 heavy (non-hydrogen) atoms. The second-order valence-electron chi connectivity index (χ2n) is 9.29. The van der Waals surface area contributed by atoms with Gasteiger partial charge in [-0.05, 0) is 30.5 Å². The van der Waals surface area contributed by atoms with E-state index in [4.69, 9.17) is 0 Å². The number of benzene rings is 2. The molecule has 0 aliphatic rings. The van der Waals surface area contributed by atoms with Crippen LogP contribution < -0.4 is 16.0 Å². The second kappa shape index (κ2) is 12.0. The van der Waals surface area contributed by atoms with Gasteiger partial charge in [0.2, 0.25) is 11.8 Å². The summed E-state index contributed by atoms with van der Waals surface area (Å²) < 4.78 is 0. The summed E-state index contributed by atoms with van der Waals surface area (Å²) in [6, 6.07) is 16.7. The lowest BCUT2D eigenvalue weighted by Crippen LogP contribution is -2.60. The first-order valence-electron chi connectivity index (χ1n) is 12.2. The third-order valence-electron chi connectivity index (χ3n) is 6.27. The van der Waals surface area contributed by atoms with Crippen molar-refractivity contribution < 1.29 is 19.5 Å². The Morgan fingerprint density at radius 1 is 1.08 bits per heavy atom. The molecule has 0 saturated heterocycles. The van der Waals surface area contributed by atoms with E-state index >= 15 is 0 Å². The van der Waals surface area contributed by atoms with Crippen LogP contribution >= 0.6 is 0 Å². The predicted molar refractivity (Wildman–Crippen MR) is 139 cm³/mol. The number of nitrogens with zero attached hydrogens (tertiary/aromatic N) is 3. The topological polar surface area (TPSA) is 178 Å². The number of carboxylic acid groups (broad SMARTS) is 1. The summed E-state index contributed by atoms with van der Waals surface area (Å²) in [5.41, 5.74) is 1.20. The summed E-state index contributed by atoms with van der Waals surface area (Å²) in [5.74, 6) is -0.290. The van der Waals surface area contributed by atoms with E-state index in [0.29, 0.717) is 18.7 Å². The maximum atomic E-state index is 13.6. The molecule has 12 heteroatoms. The molecule has 4 aromatic rings. The van der Waals surface area contributed by atoms with Crippen molar-refractivity contribution in [2.45, 2.75) is 44.2 Å². The zero-order valence-electron chi connectivity index (χ0n) is 20.9. The number of para-hydroxylation sites is 1. The molecule has 0 fully saturated rings. The summed E-state index contributed by atoms with van der Waals surface area (Å²) in [7, 11) is 0. The van der Waals surface area contributed by atoms with Crippen LogP contribution in [-0.4, -0.2) is 66.7 Å². The summed E-state index contributed by atoms with van der Waals surface area (Å²) in [4.78, 5) is 40.9. The van der Waals surface area contributed by atoms with Crippen molar-refractivity contribution >= 4 is 28.8 Å². The molecule has 3 amide bonds. The van der Waals surface area contributed by atoms with Gasteiger partial charge in [0.15, 0.2) is 5.82 Å². The number of H-pyrrole nitrogens is 2. The molecule has 2 heterocycles. The van der Waals surface area contributed by atoms with Gasteiger partial charge in [0.25, 0.3) is 0 Å². The van der Waals surface area contributed by atoms with Gasteiger partial charge < -0.3 is 26.0 Å². The first kappa shape index (κ1) is 26.3. The predicted octanol–water partition coefficient (Wildman–Crippen LogP) is 1.73. The standard InChI is InChI=1S/C26H30N8O4/c1-26(30-25(37)38,14-18-15-27-21-10-6-5-9-20(18)21)24(36)29-19(13-17-7-3-2-4-8-17)16-28-23(35)12-11-22-31-33-34-32-22/h2-10,15,19,27,30H,11-14,16H2,1H3,(H,28,35)(H,29,36)(H,37,38)(H,31,32,33,34)/t19-,26-/m0/s1. The van der Waals surface area contributed by atoms with Crippen LogP contribution in [0.25, 0.3) is 10.9 Å². The molecule has 2 aromatic heterocycles. The third kappa shape index (κ3) is 6.93. The Balaban J connectivity index is 1.48. The number of aryl methyl sites for hydroxylation is 1. The van der Waals surface area contributed by atoms with E-state index in [9.17, 15) is 19.5 Å². The van der Waals surface area contributed by atoms with Gasteiger partial charge in [0, 0.05) is 42.9 Å². The molecular formula is C26H30N8O4. The van der Waals surface area contributed by atoms with E-state index < -0.39 is 23.6 Å². The first-order valence-corrected chi connectivity index (χ1v) is 12.2. The van der Waals surface area contributed by atoms with E-state index in [0.717, 1.165) is 22.0 Å². The van der Waals surface area contributed by atoms with E-state index in [1.165, 1.54) is 0 Å². The van der Waals surface area contributed by atoms with Gasteiger partial charge in [0.05, 0.1) is 6.04 Å². The lowest BCUT2D eigenvalue weighted by Gasteiger charge is -2.31. The minimum atomic E-state index is -1.46. The van der Waals surface area contributed by atoms with Gasteiger partial charge in [-0.2, -0.15) is 5.21 Å². The summed E-state index contributed by atoms with van der Waals surface area (Å²) in [5, 5.41) is 32.2. The van der Waals surface area contributed by atoms with Crippen molar-refractivity contribution in [2.75, 3.05) is 6.54 Å². The molecule has 0 aliphatic carbocycles. The highest BCUT2D eigenvalue weighted by Gasteiger charge is 2.37. The molecule has 4 rings (SSSR count). The molecule has 2 atom stereocenters. The van der Waals surface area contributed by atoms with Gasteiger partial charge >= 0.3 is 6.09 Å². The number of aromatic amines is 2. The number of hydrogen-bond acceptors (Lipinski definition) is 6. The van der Waals surface area contributed by atoms with Crippen molar-refractivity contribution in [3.63, 3.8) is 0 Å². The molecule has 0 radical (unpaired) electrons. The molecule has 0 saturated carbocycles. The first-order chi connectivity index (χ1) is 18.3. The summed E-state index contributed by atoms with van der Waals surface area (Å²) in [6.45, 7) is 1.71. The molecule has 0 bridgehead atoms. The Morgan fingerprint density at radius 3 is 2.58 bits per heavy atom. The number of aromatic nitrogens is 5. The van der Waals surface area contributed by atoms with Crippen LogP contribution in [0.4, 0.5) is 4.79 Å². The normalized spacial score (nSPS) is 13.4. The fourth-order valence-corrected chi connectivity index (χ4v) is 4.33. The Labute approximate surface area is 218 Å². The van der Waals surface area contributed by atoms with Crippen LogP contribution in [0.3, 0.4) is 0 Å². The van der Waals surface area contributed by atoms with Crippen molar-refractivity contribution in [3.05, 3.63) is 77.7 Å². The quantitative estimate of drug-likeness (QED) is 0.165. The number of nitrogens with one attached hydrogen (secondary N) is 5. The lowest BCUT2D eigenvalue weighted by atomic mass is 9.91. The van der Waals surface area contributed by atoms with Gasteiger partial charge in [0.1, 0.15) is 5.54 Å². The number of tetrazole rings is 1. The SMILES string of the molecule is C[C@@](Cc1c[nH]c2ccccc12)(NC(=O)O)C(=O)N[C@H](CNC(=O)CCc1nn[nH]n1)Cc1ccccc1. The minimum Gasteiger partial charge on any atom is -0.465 e. The number of hydrogen-bond donors (Lipinski definition) is 6. The largest absolute Gasteiger partial charge is 0.465 e. The highest BCUT2D eigenvalue weighted by atomic mass is 16.4. The summed E-state index contributed by atoms with van der Waals surface area (Å²) in [6.07, 6.45) is 1.52. The van der Waals surface area contributed by atoms with E-state index in [1.54, 1.807) is 13.1 Å². The van der Waals surface area contributed by atoms with Gasteiger partial charge in [-0.1, -0.05) is 53.7 Å². The van der Waals surface area contributed by atoms with Crippen LogP contribution in [0.1, 0.15) is 30.3 Å². The highest BCUT2D eigenvalue weighted by Crippen LogP contribution is 2.23. The fraction of sp³-hybridized carbons (Fsp3) is 0.308. The average Bonchev–Trinajstić information content (AvgIpc) is 3.56. The van der Waals surface area contributed by atoms with Crippen LogP contribution in [-0.2, 0) is 28.9 Å². The number of carbonyl (C=O) groups is 3. The fourth-order valence-electron chi connectivity index (χ4n) is 4.33. The maximum absolute atomic E-state index is 13.6. The number of rotatable bonds is 12. The average molecular weight is 519 g/mol. The van der Waals surface area contributed by atoms with Crippen molar-refractivity contribution in [1.82, 2.24) is 41.6 Å². The Bertz CT molecular complexity index is 1370. The number of carbonyl (C=O) groups excluding carboxylic acids is 2. The minimum absolute atomic E-state index is 0.129. The molecule has 0 unspecified atom stereocenters. The lowest BCUT2D eigenvalue weighted by molar-refractivity contribution is -0.128. The monoisotopic (exact) mass is 518 g/mol. The Hall–Kier alpha value is -4.74. The molecule has 2 aromatic carbocycles. The second-order valence-corrected chi connectivity index (χ2v) is 9.29. The molecule has 0 spiro atoms. The smallest absolute Gasteiger partial charge is 0.405 e. The Morgan fingerprint density at radius 2 is 1.84 bits per heavy atom. The molecule has 198 valence electrons. The molecule has 12 nitrogen and oxygen atoms in total. The van der Waals surface area contributed by atoms with Gasteiger partial charge in [-0.15, -0.1) is 10.2 Å².